The van der Waals surface area contributed by atoms with Gasteiger partial charge in [0.25, 0.3) is 0 Å². The molecule has 1 atom stereocenters. The standard InChI is InChI=1S/C14H21NO/c1-11(2)12(3)10-14(16)15(4)13-8-6-5-7-9-13/h5-9,11-12H,10H2,1-4H3/t12-/m0/s1. The second kappa shape index (κ2) is 5.69. The number of hydrogen-bond donors (Lipinski definition) is 0. The van der Waals surface area contributed by atoms with E-state index in [1.165, 1.54) is 0 Å². The summed E-state index contributed by atoms with van der Waals surface area (Å²) in [6.45, 7) is 6.43. The Morgan fingerprint density at radius 2 is 1.75 bits per heavy atom. The van der Waals surface area contributed by atoms with Crippen molar-refractivity contribution in [3.8, 4) is 0 Å². The minimum atomic E-state index is 0.187. The van der Waals surface area contributed by atoms with Crippen LogP contribution in [0.4, 0.5) is 5.69 Å². The number of amides is 1. The molecular weight excluding hydrogens is 198 g/mol. The largest absolute Gasteiger partial charge is 0.315 e. The minimum absolute atomic E-state index is 0.187. The number of rotatable bonds is 4. The lowest BCUT2D eigenvalue weighted by Crippen LogP contribution is -2.28. The van der Waals surface area contributed by atoms with Crippen molar-refractivity contribution in [1.82, 2.24) is 0 Å². The molecule has 0 bridgehead atoms. The highest BCUT2D eigenvalue weighted by molar-refractivity contribution is 5.92. The minimum Gasteiger partial charge on any atom is -0.315 e. The molecule has 0 saturated heterocycles. The van der Waals surface area contributed by atoms with Crippen LogP contribution in [0.5, 0.6) is 0 Å². The van der Waals surface area contributed by atoms with Crippen molar-refractivity contribution >= 4 is 11.6 Å². The maximum Gasteiger partial charge on any atom is 0.226 e. The lowest BCUT2D eigenvalue weighted by molar-refractivity contribution is -0.119. The van der Waals surface area contributed by atoms with Gasteiger partial charge in [0.2, 0.25) is 5.91 Å². The van der Waals surface area contributed by atoms with Crippen LogP contribution in [0.15, 0.2) is 30.3 Å². The second-order valence-corrected chi connectivity index (χ2v) is 4.71. The van der Waals surface area contributed by atoms with Gasteiger partial charge in [-0.3, -0.25) is 4.79 Å². The highest BCUT2D eigenvalue weighted by atomic mass is 16.2. The fourth-order valence-electron chi connectivity index (χ4n) is 1.44. The van der Waals surface area contributed by atoms with Crippen LogP contribution in [0, 0.1) is 11.8 Å². The number of nitrogens with zero attached hydrogens (tertiary/aromatic N) is 1. The molecule has 0 aliphatic heterocycles. The Morgan fingerprint density at radius 3 is 2.25 bits per heavy atom. The van der Waals surface area contributed by atoms with Crippen LogP contribution in [0.1, 0.15) is 27.2 Å². The molecule has 0 saturated carbocycles. The molecular formula is C14H21NO. The Hall–Kier alpha value is -1.31. The van der Waals surface area contributed by atoms with E-state index in [1.54, 1.807) is 4.90 Å². The van der Waals surface area contributed by atoms with Crippen molar-refractivity contribution < 1.29 is 4.79 Å². The molecule has 2 nitrogen and oxygen atoms in total. The summed E-state index contributed by atoms with van der Waals surface area (Å²) in [5.41, 5.74) is 0.962. The zero-order valence-electron chi connectivity index (χ0n) is 10.6. The summed E-state index contributed by atoms with van der Waals surface area (Å²) in [7, 11) is 1.84. The SMILES string of the molecule is CC(C)[C@@H](C)CC(=O)N(C)c1ccccc1. The van der Waals surface area contributed by atoms with Crippen LogP contribution < -0.4 is 4.90 Å². The van der Waals surface area contributed by atoms with Gasteiger partial charge in [-0.1, -0.05) is 39.0 Å². The van der Waals surface area contributed by atoms with Crippen molar-refractivity contribution in [1.29, 1.82) is 0 Å². The van der Waals surface area contributed by atoms with Crippen molar-refractivity contribution in [2.45, 2.75) is 27.2 Å². The number of benzene rings is 1. The number of anilines is 1. The highest BCUT2D eigenvalue weighted by Crippen LogP contribution is 2.18. The molecule has 16 heavy (non-hydrogen) atoms. The van der Waals surface area contributed by atoms with Crippen LogP contribution in [0.2, 0.25) is 0 Å². The van der Waals surface area contributed by atoms with Gasteiger partial charge in [0.15, 0.2) is 0 Å². The zero-order valence-corrected chi connectivity index (χ0v) is 10.6. The summed E-state index contributed by atoms with van der Waals surface area (Å²) in [5, 5.41) is 0. The normalized spacial score (nSPS) is 12.6. The van der Waals surface area contributed by atoms with E-state index in [1.807, 2.05) is 37.4 Å². The maximum absolute atomic E-state index is 12.0. The van der Waals surface area contributed by atoms with Gasteiger partial charge < -0.3 is 4.90 Å². The van der Waals surface area contributed by atoms with Gasteiger partial charge in [0.05, 0.1) is 0 Å². The van der Waals surface area contributed by atoms with Crippen molar-refractivity contribution in [3.63, 3.8) is 0 Å². The number of hydrogen-bond acceptors (Lipinski definition) is 1. The van der Waals surface area contributed by atoms with Crippen LogP contribution in [0.25, 0.3) is 0 Å². The van der Waals surface area contributed by atoms with E-state index in [-0.39, 0.29) is 5.91 Å². The predicted molar refractivity (Wildman–Crippen MR) is 68.5 cm³/mol. The molecule has 1 aromatic carbocycles. The van der Waals surface area contributed by atoms with Gasteiger partial charge in [0.1, 0.15) is 0 Å². The predicted octanol–water partition coefficient (Wildman–Crippen LogP) is 3.33. The molecule has 0 fully saturated rings. The van der Waals surface area contributed by atoms with E-state index in [9.17, 15) is 4.79 Å². The molecule has 2 heteroatoms. The van der Waals surface area contributed by atoms with Crippen LogP contribution in [-0.2, 0) is 4.79 Å². The number of carbonyl (C=O) groups excluding carboxylic acids is 1. The first-order chi connectivity index (χ1) is 7.52. The first-order valence-electron chi connectivity index (χ1n) is 5.84. The summed E-state index contributed by atoms with van der Waals surface area (Å²) < 4.78 is 0. The summed E-state index contributed by atoms with van der Waals surface area (Å²) in [4.78, 5) is 13.7. The third kappa shape index (κ3) is 3.37. The van der Waals surface area contributed by atoms with Gasteiger partial charge in [0, 0.05) is 19.2 Å². The fraction of sp³-hybridized carbons (Fsp3) is 0.500. The van der Waals surface area contributed by atoms with Crippen molar-refractivity contribution in [2.75, 3.05) is 11.9 Å². The summed E-state index contributed by atoms with van der Waals surface area (Å²) in [6, 6.07) is 9.77. The Morgan fingerprint density at radius 1 is 1.19 bits per heavy atom. The third-order valence-electron chi connectivity index (χ3n) is 3.15. The molecule has 1 amide bonds. The Kier molecular flexibility index (Phi) is 4.53. The summed E-state index contributed by atoms with van der Waals surface area (Å²) in [5.74, 6) is 1.17. The molecule has 0 unspecified atom stereocenters. The smallest absolute Gasteiger partial charge is 0.226 e. The molecule has 0 spiro atoms. The summed E-state index contributed by atoms with van der Waals surface area (Å²) in [6.07, 6.45) is 0.614. The molecule has 1 rings (SSSR count). The van der Waals surface area contributed by atoms with Gasteiger partial charge in [-0.2, -0.15) is 0 Å². The van der Waals surface area contributed by atoms with Gasteiger partial charge >= 0.3 is 0 Å². The van der Waals surface area contributed by atoms with Gasteiger partial charge in [-0.05, 0) is 24.0 Å². The topological polar surface area (TPSA) is 20.3 Å². The van der Waals surface area contributed by atoms with Gasteiger partial charge in [-0.25, -0.2) is 0 Å². The molecule has 88 valence electrons. The van der Waals surface area contributed by atoms with E-state index >= 15 is 0 Å². The van der Waals surface area contributed by atoms with Crippen molar-refractivity contribution in [2.24, 2.45) is 11.8 Å². The van der Waals surface area contributed by atoms with Crippen molar-refractivity contribution in [3.05, 3.63) is 30.3 Å². The first-order valence-corrected chi connectivity index (χ1v) is 5.84. The molecule has 0 radical (unpaired) electrons. The summed E-state index contributed by atoms with van der Waals surface area (Å²) >= 11 is 0. The Bertz CT molecular complexity index is 332. The van der Waals surface area contributed by atoms with E-state index < -0.39 is 0 Å². The van der Waals surface area contributed by atoms with E-state index in [0.29, 0.717) is 18.3 Å². The second-order valence-electron chi connectivity index (χ2n) is 4.71. The third-order valence-corrected chi connectivity index (χ3v) is 3.15. The average Bonchev–Trinajstić information content (AvgIpc) is 2.28. The molecule has 1 aromatic rings. The van der Waals surface area contributed by atoms with Crippen LogP contribution in [0.3, 0.4) is 0 Å². The number of para-hydroxylation sites is 1. The maximum atomic E-state index is 12.0. The van der Waals surface area contributed by atoms with E-state index in [2.05, 4.69) is 20.8 Å². The lowest BCUT2D eigenvalue weighted by atomic mass is 9.94. The van der Waals surface area contributed by atoms with Crippen LogP contribution in [-0.4, -0.2) is 13.0 Å². The van der Waals surface area contributed by atoms with E-state index in [4.69, 9.17) is 0 Å². The van der Waals surface area contributed by atoms with Crippen LogP contribution >= 0.6 is 0 Å². The molecule has 0 aliphatic carbocycles. The van der Waals surface area contributed by atoms with E-state index in [0.717, 1.165) is 5.69 Å². The quantitative estimate of drug-likeness (QED) is 0.760. The zero-order chi connectivity index (χ0) is 12.1. The fourth-order valence-corrected chi connectivity index (χ4v) is 1.44. The number of carbonyl (C=O) groups is 1. The monoisotopic (exact) mass is 219 g/mol. The Balaban J connectivity index is 2.62. The van der Waals surface area contributed by atoms with Gasteiger partial charge in [-0.15, -0.1) is 0 Å². The molecule has 0 aromatic heterocycles. The highest BCUT2D eigenvalue weighted by Gasteiger charge is 2.16. The molecule has 0 aliphatic rings. The molecule has 0 N–H and O–H groups in total. The molecule has 0 heterocycles. The lowest BCUT2D eigenvalue weighted by Gasteiger charge is -2.21. The first kappa shape index (κ1) is 12.8. The Labute approximate surface area is 98.3 Å². The average molecular weight is 219 g/mol.